The highest BCUT2D eigenvalue weighted by Gasteiger charge is 2.32. The van der Waals surface area contributed by atoms with E-state index in [9.17, 15) is 5.11 Å². The maximum Gasteiger partial charge on any atom is 0.0743 e. The van der Waals surface area contributed by atoms with Gasteiger partial charge in [-0.15, -0.1) is 0 Å². The number of rotatable bonds is 6. The first kappa shape index (κ1) is 13.0. The van der Waals surface area contributed by atoms with Gasteiger partial charge in [0, 0.05) is 12.6 Å². The highest BCUT2D eigenvalue weighted by Crippen LogP contribution is 2.33. The predicted octanol–water partition coefficient (Wildman–Crippen LogP) is 2.56. The maximum atomic E-state index is 10.00. The van der Waals surface area contributed by atoms with Crippen molar-refractivity contribution in [3.05, 3.63) is 0 Å². The summed E-state index contributed by atoms with van der Waals surface area (Å²) in [6, 6.07) is 0.653. The standard InChI is InChI=1S/C13H27NO/c1-5-6-13(4,15)9-14-12-7-11(8-12)10(2)3/h10-12,14-15H,5-9H2,1-4H3. The number of nitrogens with one attached hydrogen (secondary N) is 1. The molecule has 0 bridgehead atoms. The Morgan fingerprint density at radius 3 is 2.47 bits per heavy atom. The summed E-state index contributed by atoms with van der Waals surface area (Å²) in [5.74, 6) is 1.72. The van der Waals surface area contributed by atoms with Crippen LogP contribution in [-0.2, 0) is 0 Å². The van der Waals surface area contributed by atoms with Gasteiger partial charge in [-0.1, -0.05) is 27.2 Å². The van der Waals surface area contributed by atoms with Crippen LogP contribution in [0.5, 0.6) is 0 Å². The van der Waals surface area contributed by atoms with Gasteiger partial charge < -0.3 is 10.4 Å². The molecule has 90 valence electrons. The van der Waals surface area contributed by atoms with Crippen molar-refractivity contribution in [2.24, 2.45) is 11.8 Å². The Balaban J connectivity index is 2.12. The van der Waals surface area contributed by atoms with Crippen molar-refractivity contribution in [2.75, 3.05) is 6.54 Å². The average Bonchev–Trinajstić information content (AvgIpc) is 1.99. The molecule has 2 N–H and O–H groups in total. The molecule has 0 heterocycles. The Morgan fingerprint density at radius 2 is 2.00 bits per heavy atom. The van der Waals surface area contributed by atoms with Crippen LogP contribution in [-0.4, -0.2) is 23.3 Å². The van der Waals surface area contributed by atoms with Crippen LogP contribution < -0.4 is 5.32 Å². The van der Waals surface area contributed by atoms with Gasteiger partial charge in [0.25, 0.3) is 0 Å². The molecule has 1 unspecified atom stereocenters. The van der Waals surface area contributed by atoms with E-state index in [0.29, 0.717) is 6.04 Å². The molecule has 0 spiro atoms. The van der Waals surface area contributed by atoms with E-state index in [4.69, 9.17) is 0 Å². The van der Waals surface area contributed by atoms with Crippen molar-refractivity contribution >= 4 is 0 Å². The van der Waals surface area contributed by atoms with Crippen molar-refractivity contribution in [1.82, 2.24) is 5.32 Å². The van der Waals surface area contributed by atoms with Crippen molar-refractivity contribution in [3.63, 3.8) is 0 Å². The molecule has 15 heavy (non-hydrogen) atoms. The number of aliphatic hydroxyl groups is 1. The molecule has 1 rings (SSSR count). The lowest BCUT2D eigenvalue weighted by molar-refractivity contribution is 0.0379. The Kier molecular flexibility index (Phi) is 4.60. The highest BCUT2D eigenvalue weighted by molar-refractivity contribution is 4.88. The molecular weight excluding hydrogens is 186 g/mol. The predicted molar refractivity (Wildman–Crippen MR) is 64.9 cm³/mol. The van der Waals surface area contributed by atoms with Gasteiger partial charge in [0.05, 0.1) is 5.60 Å². The smallest absolute Gasteiger partial charge is 0.0743 e. The first-order chi connectivity index (χ1) is 6.94. The van der Waals surface area contributed by atoms with Gasteiger partial charge in [-0.25, -0.2) is 0 Å². The molecule has 1 aliphatic carbocycles. The van der Waals surface area contributed by atoms with Gasteiger partial charge in [-0.2, -0.15) is 0 Å². The van der Waals surface area contributed by atoms with E-state index in [1.165, 1.54) is 12.8 Å². The van der Waals surface area contributed by atoms with Crippen LogP contribution in [0.4, 0.5) is 0 Å². The second kappa shape index (κ2) is 5.31. The zero-order valence-electron chi connectivity index (χ0n) is 10.7. The first-order valence-electron chi connectivity index (χ1n) is 6.40. The van der Waals surface area contributed by atoms with Gasteiger partial charge in [0.15, 0.2) is 0 Å². The molecule has 2 nitrogen and oxygen atoms in total. The molecule has 2 heteroatoms. The second-order valence-electron chi connectivity index (χ2n) is 5.80. The van der Waals surface area contributed by atoms with Crippen LogP contribution in [0.2, 0.25) is 0 Å². The van der Waals surface area contributed by atoms with Crippen molar-refractivity contribution in [1.29, 1.82) is 0 Å². The molecule has 0 amide bonds. The summed E-state index contributed by atoms with van der Waals surface area (Å²) in [6.45, 7) is 9.40. The zero-order valence-corrected chi connectivity index (χ0v) is 10.7. The summed E-state index contributed by atoms with van der Waals surface area (Å²) in [6.07, 6.45) is 4.52. The second-order valence-corrected chi connectivity index (χ2v) is 5.80. The number of hydrogen-bond acceptors (Lipinski definition) is 2. The summed E-state index contributed by atoms with van der Waals surface area (Å²) in [5, 5.41) is 13.5. The molecule has 1 saturated carbocycles. The Labute approximate surface area is 94.5 Å². The molecule has 0 aromatic carbocycles. The quantitative estimate of drug-likeness (QED) is 0.711. The van der Waals surface area contributed by atoms with E-state index in [1.807, 2.05) is 6.92 Å². The molecular formula is C13H27NO. The maximum absolute atomic E-state index is 10.00. The Hall–Kier alpha value is -0.0800. The third-order valence-corrected chi connectivity index (χ3v) is 3.68. The first-order valence-corrected chi connectivity index (χ1v) is 6.40. The Morgan fingerprint density at radius 1 is 1.40 bits per heavy atom. The fourth-order valence-corrected chi connectivity index (χ4v) is 2.36. The van der Waals surface area contributed by atoms with Gasteiger partial charge in [-0.05, 0) is 38.0 Å². The topological polar surface area (TPSA) is 32.3 Å². The average molecular weight is 213 g/mol. The molecule has 0 aliphatic heterocycles. The van der Waals surface area contributed by atoms with Crippen LogP contribution in [0.25, 0.3) is 0 Å². The molecule has 0 radical (unpaired) electrons. The van der Waals surface area contributed by atoms with Gasteiger partial charge in [0.1, 0.15) is 0 Å². The van der Waals surface area contributed by atoms with Crippen LogP contribution in [0.1, 0.15) is 53.4 Å². The fourth-order valence-electron chi connectivity index (χ4n) is 2.36. The Bertz CT molecular complexity index is 183. The monoisotopic (exact) mass is 213 g/mol. The molecule has 0 aromatic rings. The van der Waals surface area contributed by atoms with Crippen LogP contribution >= 0.6 is 0 Å². The molecule has 1 fully saturated rings. The van der Waals surface area contributed by atoms with Crippen molar-refractivity contribution in [2.45, 2.75) is 65.0 Å². The van der Waals surface area contributed by atoms with Crippen molar-refractivity contribution in [3.8, 4) is 0 Å². The number of hydrogen-bond donors (Lipinski definition) is 2. The van der Waals surface area contributed by atoms with Gasteiger partial charge in [-0.3, -0.25) is 0 Å². The summed E-state index contributed by atoms with van der Waals surface area (Å²) in [4.78, 5) is 0. The highest BCUT2D eigenvalue weighted by atomic mass is 16.3. The van der Waals surface area contributed by atoms with E-state index in [0.717, 1.165) is 31.2 Å². The normalized spacial score (nSPS) is 30.0. The van der Waals surface area contributed by atoms with Crippen LogP contribution in [0, 0.1) is 11.8 Å². The fraction of sp³-hybridized carbons (Fsp3) is 1.00. The SMILES string of the molecule is CCCC(C)(O)CNC1CC(C(C)C)C1. The van der Waals surface area contributed by atoms with E-state index < -0.39 is 5.60 Å². The lowest BCUT2D eigenvalue weighted by Crippen LogP contribution is -2.48. The molecule has 1 atom stereocenters. The molecule has 0 aromatic heterocycles. The minimum Gasteiger partial charge on any atom is -0.389 e. The van der Waals surface area contributed by atoms with E-state index in [-0.39, 0.29) is 0 Å². The lowest BCUT2D eigenvalue weighted by Gasteiger charge is -2.40. The van der Waals surface area contributed by atoms with E-state index in [2.05, 4.69) is 26.1 Å². The van der Waals surface area contributed by atoms with Gasteiger partial charge in [0.2, 0.25) is 0 Å². The summed E-state index contributed by atoms with van der Waals surface area (Å²) >= 11 is 0. The van der Waals surface area contributed by atoms with E-state index >= 15 is 0 Å². The van der Waals surface area contributed by atoms with Crippen LogP contribution in [0.3, 0.4) is 0 Å². The van der Waals surface area contributed by atoms with Crippen LogP contribution in [0.15, 0.2) is 0 Å². The van der Waals surface area contributed by atoms with Crippen molar-refractivity contribution < 1.29 is 5.11 Å². The summed E-state index contributed by atoms with van der Waals surface area (Å²) in [5.41, 5.74) is -0.516. The third kappa shape index (κ3) is 4.12. The molecule has 0 saturated heterocycles. The summed E-state index contributed by atoms with van der Waals surface area (Å²) in [7, 11) is 0. The largest absolute Gasteiger partial charge is 0.389 e. The minimum absolute atomic E-state index is 0.516. The van der Waals surface area contributed by atoms with E-state index in [1.54, 1.807) is 0 Å². The zero-order chi connectivity index (χ0) is 11.5. The minimum atomic E-state index is -0.516. The molecule has 1 aliphatic rings. The van der Waals surface area contributed by atoms with Gasteiger partial charge >= 0.3 is 0 Å². The summed E-state index contributed by atoms with van der Waals surface area (Å²) < 4.78 is 0. The third-order valence-electron chi connectivity index (χ3n) is 3.68. The lowest BCUT2D eigenvalue weighted by atomic mass is 9.73.